The highest BCUT2D eigenvalue weighted by Crippen LogP contribution is 2.02. The Morgan fingerprint density at radius 1 is 1.43 bits per heavy atom. The number of aliphatic hydroxyl groups excluding tert-OH is 1. The zero-order valence-electron chi connectivity index (χ0n) is 7.74. The predicted octanol–water partition coefficient (Wildman–Crippen LogP) is 0.641. The van der Waals surface area contributed by atoms with Crippen molar-refractivity contribution < 1.29 is 14.2 Å². The molecule has 0 atom stereocenters. The van der Waals surface area contributed by atoms with Gasteiger partial charge in [-0.1, -0.05) is 0 Å². The van der Waals surface area contributed by atoms with Crippen LogP contribution in [0.2, 0.25) is 0 Å². The monoisotopic (exact) mass is 200 g/mol. The number of anilines is 1. The largest absolute Gasteiger partial charge is 0.394 e. The Labute approximate surface area is 81.7 Å². The molecule has 1 heterocycles. The van der Waals surface area contributed by atoms with Gasteiger partial charge >= 0.3 is 0 Å². The second-order valence-corrected chi connectivity index (χ2v) is 2.62. The van der Waals surface area contributed by atoms with Crippen molar-refractivity contribution in [3.8, 4) is 0 Å². The van der Waals surface area contributed by atoms with Gasteiger partial charge in [0, 0.05) is 6.54 Å². The lowest BCUT2D eigenvalue weighted by Gasteiger charge is -2.05. The molecule has 5 heteroatoms. The molecule has 0 unspecified atom stereocenters. The van der Waals surface area contributed by atoms with Gasteiger partial charge in [0.1, 0.15) is 11.6 Å². The average Bonchev–Trinajstić information content (AvgIpc) is 2.21. The third-order valence-electron chi connectivity index (χ3n) is 1.52. The first kappa shape index (κ1) is 10.9. The first-order chi connectivity index (χ1) is 6.83. The Hall–Kier alpha value is -1.20. The third-order valence-corrected chi connectivity index (χ3v) is 1.52. The molecule has 0 aromatic carbocycles. The minimum Gasteiger partial charge on any atom is -0.394 e. The van der Waals surface area contributed by atoms with Crippen molar-refractivity contribution in [3.63, 3.8) is 0 Å². The van der Waals surface area contributed by atoms with Crippen LogP contribution in [0.1, 0.15) is 0 Å². The van der Waals surface area contributed by atoms with Gasteiger partial charge in [-0.2, -0.15) is 0 Å². The molecule has 1 rings (SSSR count). The van der Waals surface area contributed by atoms with Gasteiger partial charge in [0.25, 0.3) is 0 Å². The summed E-state index contributed by atoms with van der Waals surface area (Å²) in [5.41, 5.74) is 0. The van der Waals surface area contributed by atoms with Crippen LogP contribution in [0.15, 0.2) is 18.3 Å². The van der Waals surface area contributed by atoms with Gasteiger partial charge in [0.2, 0.25) is 0 Å². The SMILES string of the molecule is OCCOCCNc1ccc(F)cn1. The van der Waals surface area contributed by atoms with Gasteiger partial charge in [0.15, 0.2) is 0 Å². The van der Waals surface area contributed by atoms with E-state index in [0.717, 1.165) is 6.20 Å². The fourth-order valence-corrected chi connectivity index (χ4v) is 0.898. The van der Waals surface area contributed by atoms with E-state index in [1.165, 1.54) is 6.07 Å². The lowest BCUT2D eigenvalue weighted by atomic mass is 10.4. The fraction of sp³-hybridized carbons (Fsp3) is 0.444. The predicted molar refractivity (Wildman–Crippen MR) is 50.6 cm³/mol. The van der Waals surface area contributed by atoms with E-state index in [2.05, 4.69) is 10.3 Å². The summed E-state index contributed by atoms with van der Waals surface area (Å²) in [4.78, 5) is 3.81. The van der Waals surface area contributed by atoms with Crippen LogP contribution >= 0.6 is 0 Å². The second-order valence-electron chi connectivity index (χ2n) is 2.62. The number of ether oxygens (including phenoxy) is 1. The van der Waals surface area contributed by atoms with Crippen LogP contribution in [0.3, 0.4) is 0 Å². The molecule has 0 saturated heterocycles. The molecule has 14 heavy (non-hydrogen) atoms. The lowest BCUT2D eigenvalue weighted by molar-refractivity contribution is 0.0992. The second kappa shape index (κ2) is 6.28. The average molecular weight is 200 g/mol. The van der Waals surface area contributed by atoms with Crippen molar-refractivity contribution in [2.75, 3.05) is 31.7 Å². The van der Waals surface area contributed by atoms with Crippen LogP contribution in [0.5, 0.6) is 0 Å². The first-order valence-electron chi connectivity index (χ1n) is 4.37. The highest BCUT2D eigenvalue weighted by atomic mass is 19.1. The highest BCUT2D eigenvalue weighted by molar-refractivity contribution is 5.33. The summed E-state index contributed by atoms with van der Waals surface area (Å²) in [5.74, 6) is 0.256. The number of nitrogens with zero attached hydrogens (tertiary/aromatic N) is 1. The van der Waals surface area contributed by atoms with Gasteiger partial charge in [-0.15, -0.1) is 0 Å². The molecule has 0 bridgehead atoms. The molecule has 78 valence electrons. The topological polar surface area (TPSA) is 54.4 Å². The summed E-state index contributed by atoms with van der Waals surface area (Å²) >= 11 is 0. The standard InChI is InChI=1S/C9H13FN2O2/c10-8-1-2-9(12-7-8)11-3-5-14-6-4-13/h1-2,7,13H,3-6H2,(H,11,12). The molecule has 0 fully saturated rings. The van der Waals surface area contributed by atoms with Crippen LogP contribution in [-0.2, 0) is 4.74 Å². The molecule has 1 aromatic heterocycles. The summed E-state index contributed by atoms with van der Waals surface area (Å²) in [6.45, 7) is 1.42. The first-order valence-corrected chi connectivity index (χ1v) is 4.37. The van der Waals surface area contributed by atoms with E-state index < -0.39 is 0 Å². The van der Waals surface area contributed by atoms with E-state index in [9.17, 15) is 4.39 Å². The zero-order chi connectivity index (χ0) is 10.2. The fourth-order valence-electron chi connectivity index (χ4n) is 0.898. The van der Waals surface area contributed by atoms with Crippen molar-refractivity contribution in [2.24, 2.45) is 0 Å². The number of aromatic nitrogens is 1. The number of hydrogen-bond donors (Lipinski definition) is 2. The normalized spacial score (nSPS) is 10.1. The summed E-state index contributed by atoms with van der Waals surface area (Å²) in [5, 5.41) is 11.4. The van der Waals surface area contributed by atoms with Crippen molar-refractivity contribution in [3.05, 3.63) is 24.1 Å². The number of halogens is 1. The quantitative estimate of drug-likeness (QED) is 0.662. The molecule has 0 amide bonds. The summed E-state index contributed by atoms with van der Waals surface area (Å²) in [6.07, 6.45) is 1.15. The number of hydrogen-bond acceptors (Lipinski definition) is 4. The molecule has 2 N–H and O–H groups in total. The van der Waals surface area contributed by atoms with E-state index in [1.54, 1.807) is 6.07 Å². The van der Waals surface area contributed by atoms with E-state index in [1.807, 2.05) is 0 Å². The van der Waals surface area contributed by atoms with E-state index in [0.29, 0.717) is 25.6 Å². The minimum absolute atomic E-state index is 0.0226. The van der Waals surface area contributed by atoms with Crippen molar-refractivity contribution in [1.82, 2.24) is 4.98 Å². The summed E-state index contributed by atoms with van der Waals surface area (Å²) in [6, 6.07) is 2.89. The Balaban J connectivity index is 2.15. The molecular formula is C9H13FN2O2. The maximum absolute atomic E-state index is 12.4. The lowest BCUT2D eigenvalue weighted by Crippen LogP contribution is -2.11. The molecule has 0 spiro atoms. The molecule has 0 aliphatic heterocycles. The van der Waals surface area contributed by atoms with Gasteiger partial charge in [0.05, 0.1) is 26.0 Å². The van der Waals surface area contributed by atoms with Gasteiger partial charge in [-0.3, -0.25) is 0 Å². The summed E-state index contributed by atoms with van der Waals surface area (Å²) < 4.78 is 17.4. The number of aliphatic hydroxyl groups is 1. The molecule has 0 aliphatic carbocycles. The van der Waals surface area contributed by atoms with Crippen LogP contribution in [0.4, 0.5) is 10.2 Å². The van der Waals surface area contributed by atoms with Crippen molar-refractivity contribution in [1.29, 1.82) is 0 Å². The van der Waals surface area contributed by atoms with E-state index >= 15 is 0 Å². The molecule has 0 saturated carbocycles. The maximum Gasteiger partial charge on any atom is 0.141 e. The Bertz CT molecular complexity index is 253. The summed E-state index contributed by atoms with van der Waals surface area (Å²) in [7, 11) is 0. The molecule has 4 nitrogen and oxygen atoms in total. The molecular weight excluding hydrogens is 187 g/mol. The third kappa shape index (κ3) is 4.15. The van der Waals surface area contributed by atoms with Crippen LogP contribution in [0, 0.1) is 5.82 Å². The van der Waals surface area contributed by atoms with E-state index in [-0.39, 0.29) is 12.4 Å². The Kier molecular flexibility index (Phi) is 4.88. The van der Waals surface area contributed by atoms with Crippen molar-refractivity contribution in [2.45, 2.75) is 0 Å². The van der Waals surface area contributed by atoms with Crippen molar-refractivity contribution >= 4 is 5.82 Å². The maximum atomic E-state index is 12.4. The number of pyridine rings is 1. The zero-order valence-corrected chi connectivity index (χ0v) is 7.74. The minimum atomic E-state index is -0.355. The van der Waals surface area contributed by atoms with Gasteiger partial charge < -0.3 is 15.2 Å². The molecule has 1 aromatic rings. The highest BCUT2D eigenvalue weighted by Gasteiger charge is 1.93. The Morgan fingerprint density at radius 2 is 2.29 bits per heavy atom. The van der Waals surface area contributed by atoms with Crippen LogP contribution < -0.4 is 5.32 Å². The van der Waals surface area contributed by atoms with Gasteiger partial charge in [-0.25, -0.2) is 9.37 Å². The molecule has 0 radical (unpaired) electrons. The number of rotatable bonds is 6. The van der Waals surface area contributed by atoms with Crippen LogP contribution in [0.25, 0.3) is 0 Å². The van der Waals surface area contributed by atoms with Crippen LogP contribution in [-0.4, -0.2) is 36.5 Å². The van der Waals surface area contributed by atoms with E-state index in [4.69, 9.17) is 9.84 Å². The smallest absolute Gasteiger partial charge is 0.141 e. The molecule has 0 aliphatic rings. The van der Waals surface area contributed by atoms with Gasteiger partial charge in [-0.05, 0) is 12.1 Å². The number of nitrogens with one attached hydrogen (secondary N) is 1. The Morgan fingerprint density at radius 3 is 2.93 bits per heavy atom.